The fourth-order valence-electron chi connectivity index (χ4n) is 0.979. The van der Waals surface area contributed by atoms with E-state index >= 15 is 0 Å². The summed E-state index contributed by atoms with van der Waals surface area (Å²) in [5, 5.41) is 8.72. The first-order chi connectivity index (χ1) is 7.80. The third kappa shape index (κ3) is 4.20. The molecule has 0 spiro atoms. The van der Waals surface area contributed by atoms with Gasteiger partial charge >= 0.3 is 5.97 Å². The first-order valence-electron chi connectivity index (χ1n) is 5.10. The van der Waals surface area contributed by atoms with Crippen LogP contribution in [0.5, 0.6) is 0 Å². The van der Waals surface area contributed by atoms with Crippen molar-refractivity contribution in [3.05, 3.63) is 35.4 Å². The number of carboxylic acid groups (broad SMARTS) is 1. The highest BCUT2D eigenvalue weighted by atomic mass is 32.2. The summed E-state index contributed by atoms with van der Waals surface area (Å²) in [7, 11) is 0. The van der Waals surface area contributed by atoms with Gasteiger partial charge in [0.2, 0.25) is 0 Å². The third-order valence-corrected chi connectivity index (χ3v) is 3.32. The molecule has 17 heavy (non-hydrogen) atoms. The normalized spacial score (nSPS) is 13.9. The van der Waals surface area contributed by atoms with Crippen molar-refractivity contribution in [2.45, 2.75) is 25.5 Å². The van der Waals surface area contributed by atoms with Crippen LogP contribution >= 0.6 is 0 Å². The molecule has 0 aliphatic carbocycles. The number of hydrogen-bond donors (Lipinski definition) is 1. The lowest BCUT2D eigenvalue weighted by Gasteiger charge is -2.17. The van der Waals surface area contributed by atoms with Gasteiger partial charge in [-0.25, -0.2) is 4.79 Å². The molecule has 92 valence electrons. The number of benzene rings is 1. The number of rotatable bonds is 3. The van der Waals surface area contributed by atoms with Gasteiger partial charge in [-0.2, -0.15) is 0 Å². The second-order valence-electron chi connectivity index (χ2n) is 4.52. The van der Waals surface area contributed by atoms with E-state index in [-0.39, 0.29) is 5.56 Å². The fraction of sp³-hybridized carbons (Fsp3) is 0.333. The van der Waals surface area contributed by atoms with E-state index in [0.29, 0.717) is 0 Å². The van der Waals surface area contributed by atoms with Gasteiger partial charge in [-0.3, -0.25) is 0 Å². The molecule has 0 aliphatic heterocycles. The quantitative estimate of drug-likeness (QED) is 0.663. The molecule has 0 saturated carbocycles. The molecular weight excluding hydrogens is 238 g/mol. The van der Waals surface area contributed by atoms with Crippen molar-refractivity contribution in [1.29, 1.82) is 0 Å². The van der Waals surface area contributed by atoms with Crippen LogP contribution in [0.15, 0.2) is 28.7 Å². The Morgan fingerprint density at radius 3 is 2.29 bits per heavy atom. The Kier molecular flexibility index (Phi) is 4.31. The van der Waals surface area contributed by atoms with Crippen LogP contribution in [-0.4, -0.2) is 26.6 Å². The maximum atomic E-state index is 11.6. The van der Waals surface area contributed by atoms with E-state index in [4.69, 9.17) is 5.11 Å². The molecule has 1 N–H and O–H groups in total. The first kappa shape index (κ1) is 13.7. The first-order valence-corrected chi connectivity index (χ1v) is 6.21. The molecule has 0 aliphatic rings. The van der Waals surface area contributed by atoms with E-state index in [2.05, 4.69) is 4.40 Å². The molecule has 0 amide bonds. The number of hydrogen-bond acceptors (Lipinski definition) is 3. The summed E-state index contributed by atoms with van der Waals surface area (Å²) in [6, 6.07) is 6.24. The van der Waals surface area contributed by atoms with Crippen LogP contribution in [0.4, 0.5) is 0 Å². The lowest BCUT2D eigenvalue weighted by atomic mass is 10.1. The van der Waals surface area contributed by atoms with Crippen molar-refractivity contribution >= 4 is 23.5 Å². The van der Waals surface area contributed by atoms with Gasteiger partial charge in [0, 0.05) is 0 Å². The zero-order chi connectivity index (χ0) is 13.1. The van der Waals surface area contributed by atoms with E-state index in [0.717, 1.165) is 5.56 Å². The number of aromatic carboxylic acids is 1. The van der Waals surface area contributed by atoms with Crippen LogP contribution in [0.1, 0.15) is 36.7 Å². The van der Waals surface area contributed by atoms with Crippen molar-refractivity contribution in [3.63, 3.8) is 0 Å². The van der Waals surface area contributed by atoms with Crippen LogP contribution in [-0.2, 0) is 11.4 Å². The largest absolute Gasteiger partial charge is 0.591 e. The molecule has 0 heterocycles. The van der Waals surface area contributed by atoms with Crippen LogP contribution < -0.4 is 0 Å². The third-order valence-electron chi connectivity index (χ3n) is 1.98. The minimum atomic E-state index is -1.30. The number of nitrogens with zero attached hydrogens (tertiary/aromatic N) is 1. The summed E-state index contributed by atoms with van der Waals surface area (Å²) < 4.78 is 15.2. The highest BCUT2D eigenvalue weighted by Crippen LogP contribution is 2.16. The van der Waals surface area contributed by atoms with E-state index < -0.39 is 22.1 Å². The molecule has 0 bridgehead atoms. The smallest absolute Gasteiger partial charge is 0.335 e. The van der Waals surface area contributed by atoms with Gasteiger partial charge in [0.15, 0.2) is 0 Å². The summed E-state index contributed by atoms with van der Waals surface area (Å²) in [5.41, 5.74) is 0.951. The molecule has 4 nitrogen and oxygen atoms in total. The Morgan fingerprint density at radius 2 is 1.88 bits per heavy atom. The lowest BCUT2D eigenvalue weighted by Crippen LogP contribution is -2.25. The van der Waals surface area contributed by atoms with Crippen molar-refractivity contribution in [2.24, 2.45) is 4.40 Å². The van der Waals surface area contributed by atoms with E-state index in [9.17, 15) is 9.35 Å². The van der Waals surface area contributed by atoms with Crippen LogP contribution in [0.3, 0.4) is 0 Å². The fourth-order valence-corrected chi connectivity index (χ4v) is 1.51. The Morgan fingerprint density at radius 1 is 1.35 bits per heavy atom. The Labute approximate surface area is 104 Å². The van der Waals surface area contributed by atoms with Crippen LogP contribution in [0.25, 0.3) is 0 Å². The highest BCUT2D eigenvalue weighted by Gasteiger charge is 2.25. The Hall–Kier alpha value is -1.33. The van der Waals surface area contributed by atoms with Gasteiger partial charge in [-0.05, 0) is 38.5 Å². The molecule has 1 rings (SSSR count). The van der Waals surface area contributed by atoms with Crippen LogP contribution in [0, 0.1) is 0 Å². The van der Waals surface area contributed by atoms with Gasteiger partial charge in [0.1, 0.15) is 16.1 Å². The minimum Gasteiger partial charge on any atom is -0.591 e. The van der Waals surface area contributed by atoms with Crippen LogP contribution in [0.2, 0.25) is 0 Å². The van der Waals surface area contributed by atoms with E-state index in [1.54, 1.807) is 12.1 Å². The molecule has 0 fully saturated rings. The van der Waals surface area contributed by atoms with Gasteiger partial charge in [0.25, 0.3) is 0 Å². The summed E-state index contributed by atoms with van der Waals surface area (Å²) in [6.45, 7) is 5.52. The molecular formula is C12H15NO3S. The molecule has 5 heteroatoms. The number of carboxylic acids is 1. The van der Waals surface area contributed by atoms with Crippen molar-refractivity contribution in [2.75, 3.05) is 0 Å². The molecule has 0 radical (unpaired) electrons. The lowest BCUT2D eigenvalue weighted by molar-refractivity contribution is 0.0697. The standard InChI is InChI=1S/C12H15NO3S/c1-12(2,3)17(16)13-8-9-4-6-10(7-5-9)11(14)15/h4-8H,1-3H3,(H,14,15)/b13-8+/t17-/m1/s1. The van der Waals surface area contributed by atoms with Gasteiger partial charge in [0.05, 0.1) is 11.8 Å². The summed E-state index contributed by atoms with van der Waals surface area (Å²) in [6.07, 6.45) is 1.49. The monoisotopic (exact) mass is 253 g/mol. The molecule has 0 saturated heterocycles. The SMILES string of the molecule is CC(C)(C)[S@@+]([O-])/N=C/c1ccc(C(=O)O)cc1. The van der Waals surface area contributed by atoms with E-state index in [1.807, 2.05) is 20.8 Å². The second-order valence-corrected chi connectivity index (χ2v) is 6.46. The van der Waals surface area contributed by atoms with Gasteiger partial charge in [-0.1, -0.05) is 16.5 Å². The topological polar surface area (TPSA) is 72.7 Å². The molecule has 0 unspecified atom stereocenters. The Balaban J connectivity index is 2.76. The van der Waals surface area contributed by atoms with E-state index in [1.165, 1.54) is 18.3 Å². The average Bonchev–Trinajstić information content (AvgIpc) is 2.25. The van der Waals surface area contributed by atoms with Gasteiger partial charge in [-0.15, -0.1) is 0 Å². The predicted molar refractivity (Wildman–Crippen MR) is 68.9 cm³/mol. The highest BCUT2D eigenvalue weighted by molar-refractivity contribution is 7.91. The number of carbonyl (C=O) groups is 1. The summed E-state index contributed by atoms with van der Waals surface area (Å²) >= 11 is -1.30. The zero-order valence-electron chi connectivity index (χ0n) is 10.0. The van der Waals surface area contributed by atoms with Crippen molar-refractivity contribution in [1.82, 2.24) is 0 Å². The summed E-state index contributed by atoms with van der Waals surface area (Å²) in [5.74, 6) is -0.966. The molecule has 1 aromatic rings. The molecule has 1 atom stereocenters. The van der Waals surface area contributed by atoms with Crippen molar-refractivity contribution < 1.29 is 14.5 Å². The predicted octanol–water partition coefficient (Wildman–Crippen LogP) is 2.27. The average molecular weight is 253 g/mol. The molecule has 0 aromatic heterocycles. The summed E-state index contributed by atoms with van der Waals surface area (Å²) in [4.78, 5) is 10.6. The van der Waals surface area contributed by atoms with Crippen molar-refractivity contribution in [3.8, 4) is 0 Å². The minimum absolute atomic E-state index is 0.221. The maximum Gasteiger partial charge on any atom is 0.335 e. The maximum absolute atomic E-state index is 11.6. The van der Waals surface area contributed by atoms with Gasteiger partial charge < -0.3 is 9.66 Å². The molecule has 1 aromatic carbocycles. The second kappa shape index (κ2) is 5.33. The Bertz CT molecular complexity index is 420. The zero-order valence-corrected chi connectivity index (χ0v) is 10.8.